The summed E-state index contributed by atoms with van der Waals surface area (Å²) in [5.41, 5.74) is 2.44. The zero-order chi connectivity index (χ0) is 13.0. The van der Waals surface area contributed by atoms with E-state index < -0.39 is 0 Å². The second-order valence-electron chi connectivity index (χ2n) is 5.18. The molecular formula is C15H23ClN2O. The third-order valence-electron chi connectivity index (χ3n) is 3.52. The summed E-state index contributed by atoms with van der Waals surface area (Å²) in [6.07, 6.45) is 3.31. The van der Waals surface area contributed by atoms with Crippen molar-refractivity contribution in [3.8, 4) is 0 Å². The van der Waals surface area contributed by atoms with Gasteiger partial charge in [-0.25, -0.2) is 0 Å². The van der Waals surface area contributed by atoms with Crippen molar-refractivity contribution in [3.05, 3.63) is 35.4 Å². The number of aryl methyl sites for hydroxylation is 1. The second kappa shape index (κ2) is 7.51. The zero-order valence-corrected chi connectivity index (χ0v) is 12.5. The van der Waals surface area contributed by atoms with E-state index in [4.69, 9.17) is 0 Å². The minimum atomic E-state index is 0. The standard InChI is InChI=1S/C15H22N2O.ClH/c1-12-6-8-13(9-7-12)11-17(2)15(18)14-5-3-4-10-16-14;/h6-9,14,16H,3-5,10-11H2,1-2H3;1H/t14-;/m0./s1. The molecule has 1 aromatic rings. The van der Waals surface area contributed by atoms with Crippen LogP contribution in [0.3, 0.4) is 0 Å². The van der Waals surface area contributed by atoms with Gasteiger partial charge in [-0.3, -0.25) is 4.79 Å². The molecule has 0 aromatic heterocycles. The van der Waals surface area contributed by atoms with Crippen LogP contribution in [0.2, 0.25) is 0 Å². The number of likely N-dealkylation sites (N-methyl/N-ethyl adjacent to an activating group) is 1. The predicted molar refractivity (Wildman–Crippen MR) is 80.5 cm³/mol. The average molecular weight is 283 g/mol. The van der Waals surface area contributed by atoms with E-state index in [2.05, 4.69) is 36.5 Å². The van der Waals surface area contributed by atoms with Gasteiger partial charge < -0.3 is 10.2 Å². The molecule has 0 radical (unpaired) electrons. The molecule has 0 unspecified atom stereocenters. The first-order chi connectivity index (χ1) is 8.66. The maximum absolute atomic E-state index is 12.2. The topological polar surface area (TPSA) is 32.3 Å². The Morgan fingerprint density at radius 2 is 2.00 bits per heavy atom. The first-order valence-electron chi connectivity index (χ1n) is 6.71. The molecule has 1 aliphatic rings. The molecule has 4 heteroatoms. The van der Waals surface area contributed by atoms with E-state index in [9.17, 15) is 4.79 Å². The van der Waals surface area contributed by atoms with Gasteiger partial charge in [-0.05, 0) is 31.9 Å². The van der Waals surface area contributed by atoms with Crippen molar-refractivity contribution in [2.75, 3.05) is 13.6 Å². The highest BCUT2D eigenvalue weighted by molar-refractivity contribution is 5.85. The summed E-state index contributed by atoms with van der Waals surface area (Å²) >= 11 is 0. The number of nitrogens with zero attached hydrogens (tertiary/aromatic N) is 1. The first-order valence-corrected chi connectivity index (χ1v) is 6.71. The largest absolute Gasteiger partial charge is 0.340 e. The minimum Gasteiger partial charge on any atom is -0.340 e. The Morgan fingerprint density at radius 1 is 1.32 bits per heavy atom. The highest BCUT2D eigenvalue weighted by atomic mass is 35.5. The van der Waals surface area contributed by atoms with Gasteiger partial charge in [0, 0.05) is 13.6 Å². The lowest BCUT2D eigenvalue weighted by molar-refractivity contribution is -0.133. The lowest BCUT2D eigenvalue weighted by Gasteiger charge is -2.27. The molecule has 3 nitrogen and oxygen atoms in total. The molecule has 1 aliphatic heterocycles. The summed E-state index contributed by atoms with van der Waals surface area (Å²) < 4.78 is 0. The lowest BCUT2D eigenvalue weighted by atomic mass is 10.0. The van der Waals surface area contributed by atoms with Crippen molar-refractivity contribution in [1.82, 2.24) is 10.2 Å². The Balaban J connectivity index is 0.00000180. The summed E-state index contributed by atoms with van der Waals surface area (Å²) in [6, 6.07) is 8.38. The highest BCUT2D eigenvalue weighted by Crippen LogP contribution is 2.11. The summed E-state index contributed by atoms with van der Waals surface area (Å²) in [5, 5.41) is 3.30. The van der Waals surface area contributed by atoms with Crippen molar-refractivity contribution in [2.45, 2.75) is 38.8 Å². The van der Waals surface area contributed by atoms with Gasteiger partial charge in [-0.2, -0.15) is 0 Å². The molecule has 1 N–H and O–H groups in total. The van der Waals surface area contributed by atoms with E-state index >= 15 is 0 Å². The van der Waals surface area contributed by atoms with E-state index in [1.807, 2.05) is 11.9 Å². The second-order valence-corrected chi connectivity index (χ2v) is 5.18. The summed E-state index contributed by atoms with van der Waals surface area (Å²) in [6.45, 7) is 3.73. The lowest BCUT2D eigenvalue weighted by Crippen LogP contribution is -2.46. The Kier molecular flexibility index (Phi) is 6.32. The van der Waals surface area contributed by atoms with Gasteiger partial charge in [0.25, 0.3) is 0 Å². The smallest absolute Gasteiger partial charge is 0.239 e. The SMILES string of the molecule is Cc1ccc(CN(C)C(=O)[C@@H]2CCCCN2)cc1.Cl. The van der Waals surface area contributed by atoms with Crippen LogP contribution in [-0.2, 0) is 11.3 Å². The van der Waals surface area contributed by atoms with E-state index in [0.717, 1.165) is 19.4 Å². The molecule has 1 aromatic carbocycles. The number of rotatable bonds is 3. The average Bonchev–Trinajstić information content (AvgIpc) is 2.41. The predicted octanol–water partition coefficient (Wildman–Crippen LogP) is 2.52. The monoisotopic (exact) mass is 282 g/mol. The molecule has 1 amide bonds. The number of nitrogens with one attached hydrogen (secondary N) is 1. The molecule has 1 atom stereocenters. The number of hydrogen-bond acceptors (Lipinski definition) is 2. The third-order valence-corrected chi connectivity index (χ3v) is 3.52. The van der Waals surface area contributed by atoms with Crippen LogP contribution in [0.5, 0.6) is 0 Å². The van der Waals surface area contributed by atoms with Crippen LogP contribution in [0.4, 0.5) is 0 Å². The maximum atomic E-state index is 12.2. The normalized spacial score (nSPS) is 18.5. The van der Waals surface area contributed by atoms with Gasteiger partial charge in [0.2, 0.25) is 5.91 Å². The summed E-state index contributed by atoms with van der Waals surface area (Å²) in [7, 11) is 1.89. The molecule has 0 saturated carbocycles. The van der Waals surface area contributed by atoms with Crippen LogP contribution in [0.15, 0.2) is 24.3 Å². The van der Waals surface area contributed by atoms with Gasteiger partial charge in [0.15, 0.2) is 0 Å². The fourth-order valence-corrected chi connectivity index (χ4v) is 2.37. The quantitative estimate of drug-likeness (QED) is 0.924. The van der Waals surface area contributed by atoms with Crippen molar-refractivity contribution in [1.29, 1.82) is 0 Å². The van der Waals surface area contributed by atoms with Crippen molar-refractivity contribution < 1.29 is 4.79 Å². The molecule has 19 heavy (non-hydrogen) atoms. The van der Waals surface area contributed by atoms with Gasteiger partial charge in [-0.1, -0.05) is 36.2 Å². The van der Waals surface area contributed by atoms with E-state index in [-0.39, 0.29) is 24.4 Å². The molecule has 0 aliphatic carbocycles. The van der Waals surface area contributed by atoms with Crippen LogP contribution in [0.1, 0.15) is 30.4 Å². The maximum Gasteiger partial charge on any atom is 0.239 e. The highest BCUT2D eigenvalue weighted by Gasteiger charge is 2.23. The molecule has 1 heterocycles. The molecule has 106 valence electrons. The molecule has 0 bridgehead atoms. The molecule has 2 rings (SSSR count). The number of piperidine rings is 1. The minimum absolute atomic E-state index is 0. The number of carbonyl (C=O) groups excluding carboxylic acids is 1. The van der Waals surface area contributed by atoms with Gasteiger partial charge >= 0.3 is 0 Å². The number of benzene rings is 1. The van der Waals surface area contributed by atoms with E-state index in [1.54, 1.807) is 0 Å². The fraction of sp³-hybridized carbons (Fsp3) is 0.533. The third kappa shape index (κ3) is 4.51. The van der Waals surface area contributed by atoms with Crippen molar-refractivity contribution in [3.63, 3.8) is 0 Å². The summed E-state index contributed by atoms with van der Waals surface area (Å²) in [4.78, 5) is 14.1. The number of amides is 1. The van der Waals surface area contributed by atoms with Gasteiger partial charge in [-0.15, -0.1) is 12.4 Å². The molecule has 1 fully saturated rings. The number of hydrogen-bond donors (Lipinski definition) is 1. The molecule has 1 saturated heterocycles. The van der Waals surface area contributed by atoms with Gasteiger partial charge in [0.05, 0.1) is 6.04 Å². The van der Waals surface area contributed by atoms with Crippen LogP contribution >= 0.6 is 12.4 Å². The Labute approximate surface area is 121 Å². The van der Waals surface area contributed by atoms with Crippen LogP contribution < -0.4 is 5.32 Å². The number of carbonyl (C=O) groups is 1. The van der Waals surface area contributed by atoms with Crippen molar-refractivity contribution in [2.24, 2.45) is 0 Å². The van der Waals surface area contributed by atoms with Crippen molar-refractivity contribution >= 4 is 18.3 Å². The Morgan fingerprint density at radius 3 is 2.58 bits per heavy atom. The van der Waals surface area contributed by atoms with Crippen LogP contribution in [0, 0.1) is 6.92 Å². The molecular weight excluding hydrogens is 260 g/mol. The fourth-order valence-electron chi connectivity index (χ4n) is 2.37. The Hall–Kier alpha value is -1.06. The zero-order valence-electron chi connectivity index (χ0n) is 11.7. The Bertz CT molecular complexity index is 399. The summed E-state index contributed by atoms with van der Waals surface area (Å²) in [5.74, 6) is 0.218. The van der Waals surface area contributed by atoms with Crippen LogP contribution in [-0.4, -0.2) is 30.4 Å². The number of halogens is 1. The van der Waals surface area contributed by atoms with E-state index in [0.29, 0.717) is 6.54 Å². The first kappa shape index (κ1) is 16.0. The molecule has 0 spiro atoms. The van der Waals surface area contributed by atoms with Crippen LogP contribution in [0.25, 0.3) is 0 Å². The van der Waals surface area contributed by atoms with Gasteiger partial charge in [0.1, 0.15) is 0 Å². The van der Waals surface area contributed by atoms with E-state index in [1.165, 1.54) is 17.5 Å².